The van der Waals surface area contributed by atoms with Gasteiger partial charge in [0.05, 0.1) is 19.8 Å². The van der Waals surface area contributed by atoms with Crippen molar-refractivity contribution in [1.82, 2.24) is 4.90 Å². The lowest BCUT2D eigenvalue weighted by Crippen LogP contribution is -2.32. The van der Waals surface area contributed by atoms with E-state index in [0.717, 1.165) is 29.2 Å². The minimum atomic E-state index is -0.567. The summed E-state index contributed by atoms with van der Waals surface area (Å²) in [6.45, 7) is 6.82. The molecule has 0 saturated heterocycles. The summed E-state index contributed by atoms with van der Waals surface area (Å²) in [5, 5.41) is 18.9. The predicted molar refractivity (Wildman–Crippen MR) is 114 cm³/mol. The van der Waals surface area contributed by atoms with Gasteiger partial charge in [-0.1, -0.05) is 29.8 Å². The molecule has 6 nitrogen and oxygen atoms in total. The van der Waals surface area contributed by atoms with E-state index >= 15 is 0 Å². The summed E-state index contributed by atoms with van der Waals surface area (Å²) in [5.41, 5.74) is 3.41. The number of hydrogen-bond acceptors (Lipinski definition) is 6. The van der Waals surface area contributed by atoms with Gasteiger partial charge in [0.2, 0.25) is 0 Å². The maximum atomic E-state index is 10.3. The summed E-state index contributed by atoms with van der Waals surface area (Å²) in [6.07, 6.45) is -0.567. The number of aryl methyl sites for hydroxylation is 2. The lowest BCUT2D eigenvalue weighted by atomic mass is 10.1. The molecule has 6 heteroatoms. The van der Waals surface area contributed by atoms with Gasteiger partial charge in [-0.25, -0.2) is 0 Å². The lowest BCUT2D eigenvalue weighted by molar-refractivity contribution is 0.0704. The van der Waals surface area contributed by atoms with E-state index in [2.05, 4.69) is 11.0 Å². The Morgan fingerprint density at radius 3 is 2.41 bits per heavy atom. The first kappa shape index (κ1) is 23.2. The molecule has 0 spiro atoms. The quantitative estimate of drug-likeness (QED) is 0.501. The second-order valence-corrected chi connectivity index (χ2v) is 7.26. The molecule has 0 aliphatic carbocycles. The fourth-order valence-corrected chi connectivity index (χ4v) is 3.01. The minimum Gasteiger partial charge on any atom is -0.491 e. The summed E-state index contributed by atoms with van der Waals surface area (Å²) < 4.78 is 16.5. The van der Waals surface area contributed by atoms with Crippen LogP contribution >= 0.6 is 0 Å². The minimum absolute atomic E-state index is 0.0225. The van der Waals surface area contributed by atoms with Crippen LogP contribution in [0.3, 0.4) is 0 Å². The van der Waals surface area contributed by atoms with Crippen LogP contribution in [0.4, 0.5) is 0 Å². The van der Waals surface area contributed by atoms with Gasteiger partial charge >= 0.3 is 0 Å². The molecular weight excluding hydrogens is 370 g/mol. The van der Waals surface area contributed by atoms with Gasteiger partial charge in [-0.2, -0.15) is 0 Å². The third-order valence-electron chi connectivity index (χ3n) is 4.39. The average Bonchev–Trinajstić information content (AvgIpc) is 2.68. The van der Waals surface area contributed by atoms with Gasteiger partial charge in [-0.15, -0.1) is 0 Å². The second-order valence-electron chi connectivity index (χ2n) is 7.26. The van der Waals surface area contributed by atoms with E-state index in [9.17, 15) is 5.11 Å². The Labute approximate surface area is 173 Å². The molecule has 2 aromatic rings. The van der Waals surface area contributed by atoms with Gasteiger partial charge in [0.1, 0.15) is 30.8 Å². The maximum Gasteiger partial charge on any atom is 0.122 e. The highest BCUT2D eigenvalue weighted by Crippen LogP contribution is 2.19. The molecule has 0 aliphatic heterocycles. The van der Waals surface area contributed by atoms with E-state index < -0.39 is 6.10 Å². The van der Waals surface area contributed by atoms with Gasteiger partial charge in [0, 0.05) is 13.1 Å². The number of hydrogen-bond donors (Lipinski definition) is 2. The van der Waals surface area contributed by atoms with E-state index in [-0.39, 0.29) is 13.2 Å². The van der Waals surface area contributed by atoms with E-state index in [1.54, 1.807) is 0 Å². The molecule has 0 aromatic heterocycles. The summed E-state index contributed by atoms with van der Waals surface area (Å²) in [6, 6.07) is 13.9. The third-order valence-corrected chi connectivity index (χ3v) is 4.39. The normalized spacial score (nSPS) is 12.2. The fraction of sp³-hybridized carbons (Fsp3) is 0.478. The number of aliphatic hydroxyl groups excluding tert-OH is 2. The first-order valence-electron chi connectivity index (χ1n) is 9.95. The molecule has 2 rings (SSSR count). The van der Waals surface area contributed by atoms with Gasteiger partial charge in [0.25, 0.3) is 0 Å². The molecule has 1 unspecified atom stereocenters. The molecule has 0 fully saturated rings. The second kappa shape index (κ2) is 12.4. The monoisotopic (exact) mass is 403 g/mol. The molecule has 0 bridgehead atoms. The Kier molecular flexibility index (Phi) is 9.94. The van der Waals surface area contributed by atoms with Crippen LogP contribution in [0, 0.1) is 13.8 Å². The largest absolute Gasteiger partial charge is 0.491 e. The number of benzene rings is 2. The molecule has 160 valence electrons. The van der Waals surface area contributed by atoms with Crippen LogP contribution in [0.1, 0.15) is 16.7 Å². The van der Waals surface area contributed by atoms with Crippen LogP contribution in [-0.4, -0.2) is 67.8 Å². The van der Waals surface area contributed by atoms with Crippen molar-refractivity contribution in [3.63, 3.8) is 0 Å². The first-order chi connectivity index (χ1) is 14.0. The molecule has 0 saturated carbocycles. The van der Waals surface area contributed by atoms with E-state index in [1.807, 2.05) is 57.3 Å². The van der Waals surface area contributed by atoms with Gasteiger partial charge in [-0.05, 0) is 50.2 Å². The summed E-state index contributed by atoms with van der Waals surface area (Å²) in [4.78, 5) is 2.06. The Morgan fingerprint density at radius 1 is 0.966 bits per heavy atom. The Morgan fingerprint density at radius 2 is 1.72 bits per heavy atom. The van der Waals surface area contributed by atoms with Crippen LogP contribution in [0.15, 0.2) is 42.5 Å². The Balaban J connectivity index is 1.70. The number of rotatable bonds is 13. The van der Waals surface area contributed by atoms with Gasteiger partial charge in [0.15, 0.2) is 0 Å². The van der Waals surface area contributed by atoms with E-state index in [1.165, 1.54) is 5.56 Å². The zero-order chi connectivity index (χ0) is 21.1. The van der Waals surface area contributed by atoms with E-state index in [0.29, 0.717) is 26.4 Å². The Hall–Kier alpha value is -2.12. The van der Waals surface area contributed by atoms with Crippen molar-refractivity contribution >= 4 is 0 Å². The van der Waals surface area contributed by atoms with Crippen molar-refractivity contribution in [3.8, 4) is 11.5 Å². The molecule has 0 heterocycles. The van der Waals surface area contributed by atoms with Crippen molar-refractivity contribution in [2.75, 3.05) is 46.6 Å². The highest BCUT2D eigenvalue weighted by atomic mass is 16.5. The van der Waals surface area contributed by atoms with Crippen LogP contribution < -0.4 is 9.47 Å². The molecule has 0 aliphatic rings. The van der Waals surface area contributed by atoms with Crippen LogP contribution in [0.5, 0.6) is 11.5 Å². The first-order valence-corrected chi connectivity index (χ1v) is 9.95. The van der Waals surface area contributed by atoms with Crippen LogP contribution in [-0.2, 0) is 11.3 Å². The van der Waals surface area contributed by atoms with Gasteiger partial charge < -0.3 is 24.4 Å². The fourth-order valence-electron chi connectivity index (χ4n) is 3.01. The topological polar surface area (TPSA) is 71.4 Å². The Bertz CT molecular complexity index is 720. The summed E-state index contributed by atoms with van der Waals surface area (Å²) in [5.74, 6) is 1.60. The maximum absolute atomic E-state index is 10.3. The average molecular weight is 404 g/mol. The molecule has 0 radical (unpaired) electrons. The highest BCUT2D eigenvalue weighted by molar-refractivity contribution is 5.35. The smallest absolute Gasteiger partial charge is 0.122 e. The number of nitrogens with zero attached hydrogens (tertiary/aromatic N) is 1. The van der Waals surface area contributed by atoms with Crippen molar-refractivity contribution < 1.29 is 24.4 Å². The SMILES string of the molecule is Cc1ccc(OCC(O)CN(C)Cc2ccc(OCCOCCO)cc2)c(C)c1. The highest BCUT2D eigenvalue weighted by Gasteiger charge is 2.11. The third kappa shape index (κ3) is 8.83. The molecule has 2 aromatic carbocycles. The summed E-state index contributed by atoms with van der Waals surface area (Å²) in [7, 11) is 1.98. The number of likely N-dealkylation sites (N-methyl/N-ethyl adjacent to an activating group) is 1. The number of aliphatic hydroxyl groups is 2. The summed E-state index contributed by atoms with van der Waals surface area (Å²) >= 11 is 0. The van der Waals surface area contributed by atoms with E-state index in [4.69, 9.17) is 19.3 Å². The van der Waals surface area contributed by atoms with Crippen molar-refractivity contribution in [2.45, 2.75) is 26.5 Å². The molecular formula is C23H33NO5. The van der Waals surface area contributed by atoms with Crippen LogP contribution in [0.25, 0.3) is 0 Å². The number of ether oxygens (including phenoxy) is 3. The van der Waals surface area contributed by atoms with Crippen molar-refractivity contribution in [2.24, 2.45) is 0 Å². The zero-order valence-corrected chi connectivity index (χ0v) is 17.6. The molecule has 29 heavy (non-hydrogen) atoms. The molecule has 2 N–H and O–H groups in total. The lowest BCUT2D eigenvalue weighted by Gasteiger charge is -2.21. The molecule has 1 atom stereocenters. The zero-order valence-electron chi connectivity index (χ0n) is 17.6. The van der Waals surface area contributed by atoms with Crippen molar-refractivity contribution in [1.29, 1.82) is 0 Å². The standard InChI is InChI=1S/C23H33NO5/c1-18-4-9-23(19(2)14-18)29-17-21(26)16-24(3)15-20-5-7-22(8-6-20)28-13-12-27-11-10-25/h4-9,14,21,25-26H,10-13,15-17H2,1-3H3. The van der Waals surface area contributed by atoms with Gasteiger partial charge in [-0.3, -0.25) is 4.90 Å². The van der Waals surface area contributed by atoms with Crippen LogP contribution in [0.2, 0.25) is 0 Å². The molecule has 0 amide bonds. The van der Waals surface area contributed by atoms with Crippen molar-refractivity contribution in [3.05, 3.63) is 59.2 Å². The predicted octanol–water partition coefficient (Wildman–Crippen LogP) is 2.56.